The molecule has 0 radical (unpaired) electrons. The third kappa shape index (κ3) is 4.24. The van der Waals surface area contributed by atoms with Gasteiger partial charge in [-0.3, -0.25) is 0 Å². The zero-order chi connectivity index (χ0) is 5.70. The maximum atomic E-state index is 8.43. The van der Waals surface area contributed by atoms with Crippen LogP contribution in [-0.4, -0.2) is 29.5 Å². The normalized spacial score (nSPS) is 14.3. The summed E-state index contributed by atoms with van der Waals surface area (Å²) in [5, 5.41) is 16.5. The molecule has 0 saturated heterocycles. The molecular formula is C3H7CoO3. The summed E-state index contributed by atoms with van der Waals surface area (Å²) in [6.07, 6.45) is -0.796. The van der Waals surface area contributed by atoms with Gasteiger partial charge >= 0.3 is 49.4 Å². The summed E-state index contributed by atoms with van der Waals surface area (Å²) in [6, 6.07) is 0. The molecule has 46 valence electrons. The minimum absolute atomic E-state index is 0.0660. The Labute approximate surface area is 50.2 Å². The molecular weight excluding hydrogens is 143 g/mol. The van der Waals surface area contributed by atoms with Crippen molar-refractivity contribution >= 4 is 0 Å². The van der Waals surface area contributed by atoms with Crippen molar-refractivity contribution < 1.29 is 30.1 Å². The zero-order valence-corrected chi connectivity index (χ0v) is 4.67. The van der Waals surface area contributed by atoms with Gasteiger partial charge in [0.25, 0.3) is 0 Å². The third-order valence-corrected chi connectivity index (χ3v) is 0.632. The molecule has 0 aromatic heterocycles. The monoisotopic (exact) mass is 150 g/mol. The summed E-state index contributed by atoms with van der Waals surface area (Å²) in [4.78, 5) is 0. The van der Waals surface area contributed by atoms with Crippen molar-refractivity contribution in [3.63, 3.8) is 0 Å². The molecule has 1 atom stereocenters. The van der Waals surface area contributed by atoms with Crippen molar-refractivity contribution in [2.75, 3.05) is 13.2 Å². The van der Waals surface area contributed by atoms with Gasteiger partial charge in [-0.15, -0.1) is 0 Å². The van der Waals surface area contributed by atoms with E-state index in [4.69, 9.17) is 10.2 Å². The van der Waals surface area contributed by atoms with Gasteiger partial charge in [0.1, 0.15) is 0 Å². The first-order valence-electron chi connectivity index (χ1n) is 1.82. The van der Waals surface area contributed by atoms with Crippen molar-refractivity contribution in [1.29, 1.82) is 0 Å². The van der Waals surface area contributed by atoms with Crippen LogP contribution >= 0.6 is 0 Å². The van der Waals surface area contributed by atoms with Crippen molar-refractivity contribution in [3.05, 3.63) is 0 Å². The van der Waals surface area contributed by atoms with E-state index in [1.54, 1.807) is 0 Å². The molecule has 0 aliphatic heterocycles. The molecule has 4 heteroatoms. The number of aliphatic hydroxyl groups excluding tert-OH is 2. The van der Waals surface area contributed by atoms with Gasteiger partial charge < -0.3 is 0 Å². The summed E-state index contributed by atoms with van der Waals surface area (Å²) >= 11 is 3.39. The molecule has 0 heterocycles. The Balaban J connectivity index is 2.83. The number of rotatable bonds is 3. The second-order valence-corrected chi connectivity index (χ2v) is 1.40. The van der Waals surface area contributed by atoms with Crippen LogP contribution in [0.3, 0.4) is 0 Å². The Morgan fingerprint density at radius 3 is 2.43 bits per heavy atom. The van der Waals surface area contributed by atoms with E-state index >= 15 is 0 Å². The zero-order valence-electron chi connectivity index (χ0n) is 3.63. The van der Waals surface area contributed by atoms with Crippen molar-refractivity contribution in [2.45, 2.75) is 6.10 Å². The fraction of sp³-hybridized carbons (Fsp3) is 1.00. The van der Waals surface area contributed by atoms with Gasteiger partial charge in [0, 0.05) is 0 Å². The standard InChI is InChI=1S/C3H7O3.Co/c4-1-3(6)2-5;/h3-4,6H,1-2H2;/q-1;+1. The Hall–Kier alpha value is 0.386. The second kappa shape index (κ2) is 4.54. The topological polar surface area (TPSA) is 49.7 Å². The SMILES string of the molecule is OCC(O)C[O][Co]. The molecule has 2 N–H and O–H groups in total. The Morgan fingerprint density at radius 1 is 1.71 bits per heavy atom. The molecule has 0 amide bonds. The molecule has 0 aromatic carbocycles. The Morgan fingerprint density at radius 2 is 2.29 bits per heavy atom. The number of aliphatic hydroxyl groups is 2. The average Bonchev–Trinajstić information content (AvgIpc) is 1.68. The molecule has 0 aliphatic rings. The minimum atomic E-state index is -0.796. The predicted molar refractivity (Wildman–Crippen MR) is 19.0 cm³/mol. The van der Waals surface area contributed by atoms with Gasteiger partial charge in [0.15, 0.2) is 0 Å². The van der Waals surface area contributed by atoms with Crippen LogP contribution in [0.15, 0.2) is 0 Å². The van der Waals surface area contributed by atoms with Gasteiger partial charge in [-0.25, -0.2) is 0 Å². The van der Waals surface area contributed by atoms with Crippen LogP contribution in [0.25, 0.3) is 0 Å². The molecule has 0 spiro atoms. The van der Waals surface area contributed by atoms with Gasteiger partial charge in [0.05, 0.1) is 0 Å². The fourth-order valence-corrected chi connectivity index (χ4v) is 0.317. The number of hydrogen-bond donors (Lipinski definition) is 2. The first-order valence-corrected chi connectivity index (χ1v) is 2.24. The fourth-order valence-electron chi connectivity index (χ4n) is 0.117. The van der Waals surface area contributed by atoms with Crippen LogP contribution in [0.5, 0.6) is 0 Å². The third-order valence-electron chi connectivity index (χ3n) is 0.459. The first-order chi connectivity index (χ1) is 3.31. The van der Waals surface area contributed by atoms with E-state index in [-0.39, 0.29) is 13.2 Å². The first kappa shape index (κ1) is 7.39. The Kier molecular flexibility index (Phi) is 4.79. The summed E-state index contributed by atoms with van der Waals surface area (Å²) in [5.74, 6) is 0. The van der Waals surface area contributed by atoms with Gasteiger partial charge in [-0.1, -0.05) is 0 Å². The van der Waals surface area contributed by atoms with Crippen molar-refractivity contribution in [2.24, 2.45) is 0 Å². The Bertz CT molecular complexity index is 41.2. The summed E-state index contributed by atoms with van der Waals surface area (Å²) in [5.41, 5.74) is 0. The maximum absolute atomic E-state index is 8.43. The molecule has 7 heavy (non-hydrogen) atoms. The van der Waals surface area contributed by atoms with Crippen LogP contribution in [-0.2, 0) is 19.9 Å². The summed E-state index contributed by atoms with van der Waals surface area (Å²) in [7, 11) is 0. The van der Waals surface area contributed by atoms with Crippen molar-refractivity contribution in [3.8, 4) is 0 Å². The van der Waals surface area contributed by atoms with Gasteiger partial charge in [-0.2, -0.15) is 0 Å². The molecule has 3 nitrogen and oxygen atoms in total. The van der Waals surface area contributed by atoms with Gasteiger partial charge in [0.2, 0.25) is 0 Å². The summed E-state index contributed by atoms with van der Waals surface area (Å²) in [6.45, 7) is -0.212. The molecule has 0 rings (SSSR count). The van der Waals surface area contributed by atoms with Crippen LogP contribution in [0, 0.1) is 0 Å². The molecule has 0 aromatic rings. The average molecular weight is 150 g/mol. The van der Waals surface area contributed by atoms with E-state index in [1.807, 2.05) is 0 Å². The predicted octanol–water partition coefficient (Wildman–Crippen LogP) is -1.18. The quantitative estimate of drug-likeness (QED) is 0.532. The molecule has 0 saturated carbocycles. The number of hydrogen-bond acceptors (Lipinski definition) is 3. The second-order valence-electron chi connectivity index (χ2n) is 1.10. The summed E-state index contributed by atoms with van der Waals surface area (Å²) < 4.78 is 4.17. The molecule has 0 fully saturated rings. The molecule has 0 aliphatic carbocycles. The van der Waals surface area contributed by atoms with Crippen molar-refractivity contribution in [1.82, 2.24) is 0 Å². The van der Waals surface area contributed by atoms with Crippen LogP contribution < -0.4 is 0 Å². The van der Waals surface area contributed by atoms with E-state index in [1.165, 1.54) is 0 Å². The van der Waals surface area contributed by atoms with Crippen LogP contribution in [0.1, 0.15) is 0 Å². The van der Waals surface area contributed by atoms with E-state index in [9.17, 15) is 0 Å². The van der Waals surface area contributed by atoms with E-state index < -0.39 is 6.10 Å². The van der Waals surface area contributed by atoms with E-state index in [2.05, 4.69) is 19.9 Å². The molecule has 1 unspecified atom stereocenters. The van der Waals surface area contributed by atoms with E-state index in [0.29, 0.717) is 0 Å². The van der Waals surface area contributed by atoms with Crippen LogP contribution in [0.2, 0.25) is 0 Å². The van der Waals surface area contributed by atoms with E-state index in [0.717, 1.165) is 0 Å². The van der Waals surface area contributed by atoms with Gasteiger partial charge in [-0.05, 0) is 0 Å². The van der Waals surface area contributed by atoms with Crippen LogP contribution in [0.4, 0.5) is 0 Å². The molecule has 0 bridgehead atoms.